The molecule has 2 rings (SSSR count). The standard InChI is InChI=1S/C13H19FN2O/c14-10-5-6-13(12(15)8-10)16-7-3-1-2-4-11(16)9-17/h5-6,8,11,17H,1-4,7,9,15H2. The van der Waals surface area contributed by atoms with Gasteiger partial charge in [-0.2, -0.15) is 0 Å². The Morgan fingerprint density at radius 2 is 2.18 bits per heavy atom. The van der Waals surface area contributed by atoms with Crippen molar-refractivity contribution < 1.29 is 9.50 Å². The van der Waals surface area contributed by atoms with E-state index in [9.17, 15) is 9.50 Å². The molecule has 1 atom stereocenters. The number of aliphatic hydroxyl groups is 1. The van der Waals surface area contributed by atoms with E-state index in [1.54, 1.807) is 6.07 Å². The van der Waals surface area contributed by atoms with E-state index < -0.39 is 0 Å². The van der Waals surface area contributed by atoms with Gasteiger partial charge in [0.05, 0.1) is 24.0 Å². The lowest BCUT2D eigenvalue weighted by Gasteiger charge is -2.31. The van der Waals surface area contributed by atoms with Gasteiger partial charge in [0, 0.05) is 6.54 Å². The number of nitrogens with two attached hydrogens (primary N) is 1. The van der Waals surface area contributed by atoms with Gasteiger partial charge in [0.25, 0.3) is 0 Å². The minimum absolute atomic E-state index is 0.102. The first-order valence-corrected chi connectivity index (χ1v) is 6.15. The van der Waals surface area contributed by atoms with E-state index in [1.807, 2.05) is 0 Å². The van der Waals surface area contributed by atoms with E-state index in [-0.39, 0.29) is 18.5 Å². The summed E-state index contributed by atoms with van der Waals surface area (Å²) in [5.41, 5.74) is 7.15. The van der Waals surface area contributed by atoms with Gasteiger partial charge in [-0.1, -0.05) is 12.8 Å². The Labute approximate surface area is 101 Å². The zero-order valence-electron chi connectivity index (χ0n) is 9.90. The van der Waals surface area contributed by atoms with Crippen LogP contribution in [-0.2, 0) is 0 Å². The van der Waals surface area contributed by atoms with Gasteiger partial charge in [-0.15, -0.1) is 0 Å². The van der Waals surface area contributed by atoms with Crippen LogP contribution in [0.1, 0.15) is 25.7 Å². The molecule has 1 unspecified atom stereocenters. The summed E-state index contributed by atoms with van der Waals surface area (Å²) in [5.74, 6) is -0.318. The van der Waals surface area contributed by atoms with E-state index in [1.165, 1.54) is 18.6 Å². The molecule has 0 spiro atoms. The van der Waals surface area contributed by atoms with Gasteiger partial charge in [-0.05, 0) is 31.0 Å². The van der Waals surface area contributed by atoms with Gasteiger partial charge < -0.3 is 15.7 Å². The Balaban J connectivity index is 2.28. The Kier molecular flexibility index (Phi) is 3.84. The summed E-state index contributed by atoms with van der Waals surface area (Å²) >= 11 is 0. The molecule has 0 bridgehead atoms. The molecule has 1 aromatic rings. The molecule has 3 nitrogen and oxygen atoms in total. The summed E-state index contributed by atoms with van der Waals surface area (Å²) in [6.45, 7) is 0.998. The average molecular weight is 238 g/mol. The molecule has 1 aliphatic rings. The second-order valence-electron chi connectivity index (χ2n) is 4.58. The van der Waals surface area contributed by atoms with Crippen LogP contribution < -0.4 is 10.6 Å². The molecule has 4 heteroatoms. The average Bonchev–Trinajstić information content (AvgIpc) is 2.54. The zero-order chi connectivity index (χ0) is 12.3. The van der Waals surface area contributed by atoms with Crippen molar-refractivity contribution in [1.29, 1.82) is 0 Å². The predicted octanol–water partition coefficient (Wildman–Crippen LogP) is 2.15. The molecule has 0 saturated carbocycles. The first-order chi connectivity index (χ1) is 8.22. The molecule has 1 fully saturated rings. The smallest absolute Gasteiger partial charge is 0.125 e. The summed E-state index contributed by atoms with van der Waals surface area (Å²) in [6.07, 6.45) is 4.36. The Morgan fingerprint density at radius 3 is 2.88 bits per heavy atom. The maximum atomic E-state index is 13.0. The van der Waals surface area contributed by atoms with Gasteiger partial charge in [0.2, 0.25) is 0 Å². The Hall–Kier alpha value is -1.29. The molecule has 0 aliphatic carbocycles. The zero-order valence-corrected chi connectivity index (χ0v) is 9.90. The number of aliphatic hydroxyl groups excluding tert-OH is 1. The lowest BCUT2D eigenvalue weighted by atomic mass is 10.1. The summed E-state index contributed by atoms with van der Waals surface area (Å²) in [6, 6.07) is 4.57. The van der Waals surface area contributed by atoms with Gasteiger partial charge >= 0.3 is 0 Å². The van der Waals surface area contributed by atoms with Gasteiger partial charge in [0.1, 0.15) is 5.82 Å². The van der Waals surface area contributed by atoms with Crippen molar-refractivity contribution in [3.8, 4) is 0 Å². The molecule has 1 aromatic carbocycles. The van der Waals surface area contributed by atoms with Crippen molar-refractivity contribution in [2.75, 3.05) is 23.8 Å². The normalized spacial score (nSPS) is 21.3. The minimum atomic E-state index is -0.318. The van der Waals surface area contributed by atoms with E-state index in [2.05, 4.69) is 4.90 Å². The van der Waals surface area contributed by atoms with Crippen LogP contribution in [0.15, 0.2) is 18.2 Å². The van der Waals surface area contributed by atoms with Crippen LogP contribution in [0.3, 0.4) is 0 Å². The molecule has 3 N–H and O–H groups in total. The van der Waals surface area contributed by atoms with Crippen LogP contribution in [0.5, 0.6) is 0 Å². The summed E-state index contributed by atoms with van der Waals surface area (Å²) < 4.78 is 13.0. The monoisotopic (exact) mass is 238 g/mol. The quantitative estimate of drug-likeness (QED) is 0.776. The third-order valence-corrected chi connectivity index (χ3v) is 3.39. The van der Waals surface area contributed by atoms with Crippen molar-refractivity contribution in [2.45, 2.75) is 31.7 Å². The molecular weight excluding hydrogens is 219 g/mol. The lowest BCUT2D eigenvalue weighted by Crippen LogP contribution is -2.38. The van der Waals surface area contributed by atoms with E-state index in [0.29, 0.717) is 5.69 Å². The molecule has 1 heterocycles. The molecular formula is C13H19FN2O. The molecule has 0 aromatic heterocycles. The van der Waals surface area contributed by atoms with Crippen LogP contribution in [-0.4, -0.2) is 24.3 Å². The molecule has 0 amide bonds. The first kappa shape index (κ1) is 12.2. The van der Waals surface area contributed by atoms with Crippen molar-refractivity contribution in [2.24, 2.45) is 0 Å². The highest BCUT2D eigenvalue weighted by Gasteiger charge is 2.22. The topological polar surface area (TPSA) is 49.5 Å². The highest BCUT2D eigenvalue weighted by Crippen LogP contribution is 2.29. The van der Waals surface area contributed by atoms with Crippen LogP contribution in [0, 0.1) is 5.82 Å². The number of benzene rings is 1. The van der Waals surface area contributed by atoms with Crippen LogP contribution in [0.4, 0.5) is 15.8 Å². The van der Waals surface area contributed by atoms with Crippen molar-refractivity contribution in [3.63, 3.8) is 0 Å². The number of anilines is 2. The maximum absolute atomic E-state index is 13.0. The number of nitrogens with zero attached hydrogens (tertiary/aromatic N) is 1. The fourth-order valence-electron chi connectivity index (χ4n) is 2.47. The van der Waals surface area contributed by atoms with Crippen LogP contribution in [0.25, 0.3) is 0 Å². The third kappa shape index (κ3) is 2.69. The fourth-order valence-corrected chi connectivity index (χ4v) is 2.47. The van der Waals surface area contributed by atoms with Gasteiger partial charge in [0.15, 0.2) is 0 Å². The van der Waals surface area contributed by atoms with E-state index >= 15 is 0 Å². The van der Waals surface area contributed by atoms with Crippen molar-refractivity contribution in [1.82, 2.24) is 0 Å². The SMILES string of the molecule is Nc1cc(F)ccc1N1CCCCCC1CO. The molecule has 0 radical (unpaired) electrons. The molecule has 94 valence electrons. The molecule has 1 aliphatic heterocycles. The number of hydrogen-bond acceptors (Lipinski definition) is 3. The third-order valence-electron chi connectivity index (χ3n) is 3.39. The first-order valence-electron chi connectivity index (χ1n) is 6.15. The highest BCUT2D eigenvalue weighted by molar-refractivity contribution is 5.68. The van der Waals surface area contributed by atoms with Gasteiger partial charge in [-0.25, -0.2) is 4.39 Å². The number of hydrogen-bond donors (Lipinski definition) is 2. The van der Waals surface area contributed by atoms with Crippen LogP contribution in [0.2, 0.25) is 0 Å². The van der Waals surface area contributed by atoms with Crippen molar-refractivity contribution in [3.05, 3.63) is 24.0 Å². The summed E-state index contributed by atoms with van der Waals surface area (Å²) in [5, 5.41) is 9.44. The minimum Gasteiger partial charge on any atom is -0.397 e. The Morgan fingerprint density at radius 1 is 1.35 bits per heavy atom. The predicted molar refractivity (Wildman–Crippen MR) is 67.5 cm³/mol. The number of nitrogen functional groups attached to an aromatic ring is 1. The second-order valence-corrected chi connectivity index (χ2v) is 4.58. The van der Waals surface area contributed by atoms with E-state index in [4.69, 9.17) is 5.73 Å². The summed E-state index contributed by atoms with van der Waals surface area (Å²) in [4.78, 5) is 2.11. The maximum Gasteiger partial charge on any atom is 0.125 e. The fraction of sp³-hybridized carbons (Fsp3) is 0.538. The highest BCUT2D eigenvalue weighted by atomic mass is 19.1. The van der Waals surface area contributed by atoms with Gasteiger partial charge in [-0.3, -0.25) is 0 Å². The number of halogens is 1. The molecule has 17 heavy (non-hydrogen) atoms. The lowest BCUT2D eigenvalue weighted by molar-refractivity contribution is 0.255. The summed E-state index contributed by atoms with van der Waals surface area (Å²) in [7, 11) is 0. The van der Waals surface area contributed by atoms with E-state index in [0.717, 1.165) is 31.5 Å². The van der Waals surface area contributed by atoms with Crippen LogP contribution >= 0.6 is 0 Å². The van der Waals surface area contributed by atoms with Crippen molar-refractivity contribution >= 4 is 11.4 Å². The number of rotatable bonds is 2. The largest absolute Gasteiger partial charge is 0.397 e. The molecule has 1 saturated heterocycles. The second kappa shape index (κ2) is 5.36. The Bertz CT molecular complexity index is 384.